The molecule has 1 aromatic rings. The van der Waals surface area contributed by atoms with Crippen LogP contribution in [-0.4, -0.2) is 14.9 Å². The highest BCUT2D eigenvalue weighted by Gasteiger charge is 2.24. The van der Waals surface area contributed by atoms with E-state index in [4.69, 9.17) is 0 Å². The monoisotopic (exact) mass is 214 g/mol. The van der Waals surface area contributed by atoms with Crippen molar-refractivity contribution in [3.63, 3.8) is 0 Å². The summed E-state index contributed by atoms with van der Waals surface area (Å²) in [6.45, 7) is 0. The van der Waals surface area contributed by atoms with Crippen LogP contribution in [-0.2, 0) is 6.42 Å². The fraction of sp³-hybridized carbons (Fsp3) is 0.625. The summed E-state index contributed by atoms with van der Waals surface area (Å²) in [6, 6.07) is 0.770. The number of alkyl halides is 1. The van der Waals surface area contributed by atoms with E-state index in [1.807, 2.05) is 12.5 Å². The van der Waals surface area contributed by atoms with Gasteiger partial charge in [0.25, 0.3) is 0 Å². The number of hydrogen-bond donors (Lipinski definition) is 0. The lowest BCUT2D eigenvalue weighted by atomic mass is 10.3. The third-order valence-corrected chi connectivity index (χ3v) is 2.43. The van der Waals surface area contributed by atoms with E-state index in [9.17, 15) is 0 Å². The average Bonchev–Trinajstić information content (AvgIpc) is 2.75. The van der Waals surface area contributed by atoms with Gasteiger partial charge >= 0.3 is 0 Å². The summed E-state index contributed by atoms with van der Waals surface area (Å²) in [6.07, 6.45) is 7.70. The Kier molecular flexibility index (Phi) is 1.98. The van der Waals surface area contributed by atoms with Gasteiger partial charge in [0.15, 0.2) is 0 Å². The molecule has 1 aliphatic rings. The molecule has 2 nitrogen and oxygen atoms in total. The van der Waals surface area contributed by atoms with Crippen LogP contribution in [0.4, 0.5) is 0 Å². The quantitative estimate of drug-likeness (QED) is 0.706. The zero-order chi connectivity index (χ0) is 7.68. The predicted molar refractivity (Wildman–Crippen MR) is 48.0 cm³/mol. The smallest absolute Gasteiger partial charge is 0.0950 e. The SMILES string of the molecule is BrCCc1cncn1C1CC1. The molecule has 0 amide bonds. The number of halogens is 1. The minimum Gasteiger partial charge on any atom is -0.332 e. The molecule has 0 aromatic carbocycles. The van der Waals surface area contributed by atoms with Gasteiger partial charge in [-0.25, -0.2) is 4.98 Å². The van der Waals surface area contributed by atoms with Crippen molar-refractivity contribution in [1.29, 1.82) is 0 Å². The second-order valence-corrected chi connectivity index (χ2v) is 3.76. The maximum absolute atomic E-state index is 4.14. The molecular weight excluding hydrogens is 204 g/mol. The first-order valence-corrected chi connectivity index (χ1v) is 5.10. The molecule has 0 N–H and O–H groups in total. The van der Waals surface area contributed by atoms with E-state index in [2.05, 4.69) is 25.5 Å². The number of hydrogen-bond acceptors (Lipinski definition) is 1. The van der Waals surface area contributed by atoms with Crippen molar-refractivity contribution in [2.45, 2.75) is 25.3 Å². The summed E-state index contributed by atoms with van der Waals surface area (Å²) in [7, 11) is 0. The molecule has 1 aromatic heterocycles. The lowest BCUT2D eigenvalue weighted by Crippen LogP contribution is -1.98. The van der Waals surface area contributed by atoms with Crippen LogP contribution < -0.4 is 0 Å². The Morgan fingerprint density at radius 2 is 2.45 bits per heavy atom. The highest BCUT2D eigenvalue weighted by molar-refractivity contribution is 9.09. The second-order valence-electron chi connectivity index (χ2n) is 2.96. The summed E-state index contributed by atoms with van der Waals surface area (Å²) in [5, 5.41) is 1.03. The van der Waals surface area contributed by atoms with Gasteiger partial charge in [-0.2, -0.15) is 0 Å². The Morgan fingerprint density at radius 3 is 3.09 bits per heavy atom. The molecule has 2 rings (SSSR count). The zero-order valence-corrected chi connectivity index (χ0v) is 7.92. The first-order valence-electron chi connectivity index (χ1n) is 3.98. The molecular formula is C8H11BrN2. The van der Waals surface area contributed by atoms with Gasteiger partial charge in [-0.15, -0.1) is 0 Å². The van der Waals surface area contributed by atoms with E-state index < -0.39 is 0 Å². The number of aromatic nitrogens is 2. The molecule has 1 saturated carbocycles. The maximum atomic E-state index is 4.14. The van der Waals surface area contributed by atoms with Crippen LogP contribution in [0.1, 0.15) is 24.6 Å². The fourth-order valence-electron chi connectivity index (χ4n) is 1.30. The van der Waals surface area contributed by atoms with Crippen molar-refractivity contribution >= 4 is 15.9 Å². The lowest BCUT2D eigenvalue weighted by Gasteiger charge is -2.02. The standard InChI is InChI=1S/C8H11BrN2/c9-4-3-8-5-10-6-11(8)7-1-2-7/h5-7H,1-4H2. The van der Waals surface area contributed by atoms with Crippen molar-refractivity contribution < 1.29 is 0 Å². The number of rotatable bonds is 3. The second kappa shape index (κ2) is 2.97. The Labute approximate surface area is 74.8 Å². The highest BCUT2D eigenvalue weighted by Crippen LogP contribution is 2.35. The van der Waals surface area contributed by atoms with Crippen LogP contribution in [0.25, 0.3) is 0 Å². The number of nitrogens with zero attached hydrogens (tertiary/aromatic N) is 2. The molecule has 0 radical (unpaired) electrons. The third-order valence-electron chi connectivity index (χ3n) is 2.04. The van der Waals surface area contributed by atoms with Gasteiger partial charge in [0, 0.05) is 23.3 Å². The van der Waals surface area contributed by atoms with Crippen molar-refractivity contribution in [2.75, 3.05) is 5.33 Å². The summed E-state index contributed by atoms with van der Waals surface area (Å²) in [4.78, 5) is 4.14. The number of imidazole rings is 1. The molecule has 11 heavy (non-hydrogen) atoms. The molecule has 1 aliphatic carbocycles. The van der Waals surface area contributed by atoms with Crippen molar-refractivity contribution in [3.8, 4) is 0 Å². The Balaban J connectivity index is 2.16. The van der Waals surface area contributed by atoms with E-state index in [-0.39, 0.29) is 0 Å². The first kappa shape index (κ1) is 7.35. The van der Waals surface area contributed by atoms with Crippen LogP contribution in [0.15, 0.2) is 12.5 Å². The third kappa shape index (κ3) is 1.48. The highest BCUT2D eigenvalue weighted by atomic mass is 79.9. The van der Waals surface area contributed by atoms with Crippen molar-refractivity contribution in [2.24, 2.45) is 0 Å². The van der Waals surface area contributed by atoms with Crippen LogP contribution in [0.2, 0.25) is 0 Å². The summed E-state index contributed by atoms with van der Waals surface area (Å²) < 4.78 is 2.31. The topological polar surface area (TPSA) is 17.8 Å². The van der Waals surface area contributed by atoms with Gasteiger partial charge in [0.2, 0.25) is 0 Å². The molecule has 0 bridgehead atoms. The summed E-state index contributed by atoms with van der Waals surface area (Å²) >= 11 is 3.43. The van der Waals surface area contributed by atoms with E-state index in [0.717, 1.165) is 17.8 Å². The van der Waals surface area contributed by atoms with Crippen LogP contribution in [0, 0.1) is 0 Å². The van der Waals surface area contributed by atoms with Gasteiger partial charge in [0.1, 0.15) is 0 Å². The van der Waals surface area contributed by atoms with Gasteiger partial charge in [-0.3, -0.25) is 0 Å². The normalized spacial score (nSPS) is 17.2. The molecule has 0 unspecified atom stereocenters. The first-order chi connectivity index (χ1) is 5.42. The largest absolute Gasteiger partial charge is 0.332 e. The van der Waals surface area contributed by atoms with E-state index in [0.29, 0.717) is 0 Å². The molecule has 1 fully saturated rings. The van der Waals surface area contributed by atoms with E-state index >= 15 is 0 Å². The van der Waals surface area contributed by atoms with Crippen molar-refractivity contribution in [3.05, 3.63) is 18.2 Å². The minimum absolute atomic E-state index is 0.770. The average molecular weight is 215 g/mol. The van der Waals surface area contributed by atoms with E-state index in [1.54, 1.807) is 0 Å². The molecule has 3 heteroatoms. The predicted octanol–water partition coefficient (Wildman–Crippen LogP) is 2.16. The van der Waals surface area contributed by atoms with Crippen LogP contribution in [0.5, 0.6) is 0 Å². The maximum Gasteiger partial charge on any atom is 0.0950 e. The number of aryl methyl sites for hydroxylation is 1. The lowest BCUT2D eigenvalue weighted by molar-refractivity contribution is 0.701. The van der Waals surface area contributed by atoms with Gasteiger partial charge in [-0.05, 0) is 19.3 Å². The van der Waals surface area contributed by atoms with Crippen molar-refractivity contribution in [1.82, 2.24) is 9.55 Å². The molecule has 0 atom stereocenters. The van der Waals surface area contributed by atoms with Gasteiger partial charge in [-0.1, -0.05) is 15.9 Å². The summed E-state index contributed by atoms with van der Waals surface area (Å²) in [5.74, 6) is 0. The Bertz CT molecular complexity index is 240. The molecule has 0 aliphatic heterocycles. The molecule has 60 valence electrons. The van der Waals surface area contributed by atoms with Crippen LogP contribution in [0.3, 0.4) is 0 Å². The van der Waals surface area contributed by atoms with E-state index in [1.165, 1.54) is 18.5 Å². The zero-order valence-electron chi connectivity index (χ0n) is 6.33. The molecule has 0 spiro atoms. The Hall–Kier alpha value is -0.310. The summed E-state index contributed by atoms with van der Waals surface area (Å²) in [5.41, 5.74) is 1.37. The van der Waals surface area contributed by atoms with Gasteiger partial charge < -0.3 is 4.57 Å². The fourth-order valence-corrected chi connectivity index (χ4v) is 1.71. The molecule has 1 heterocycles. The Morgan fingerprint density at radius 1 is 1.64 bits per heavy atom. The van der Waals surface area contributed by atoms with Crippen LogP contribution >= 0.6 is 15.9 Å². The molecule has 0 saturated heterocycles. The minimum atomic E-state index is 0.770. The van der Waals surface area contributed by atoms with Gasteiger partial charge in [0.05, 0.1) is 6.33 Å².